The van der Waals surface area contributed by atoms with Crippen molar-refractivity contribution in [3.63, 3.8) is 0 Å². The minimum Gasteiger partial charge on any atom is -0.619 e. The number of pyridine rings is 1. The fourth-order valence-corrected chi connectivity index (χ4v) is 4.11. The second-order valence-corrected chi connectivity index (χ2v) is 7.92. The van der Waals surface area contributed by atoms with Crippen LogP contribution in [0.4, 0.5) is 30.7 Å². The van der Waals surface area contributed by atoms with E-state index in [1.807, 2.05) is 0 Å². The number of hydrogen-bond acceptors (Lipinski definition) is 6. The van der Waals surface area contributed by atoms with Gasteiger partial charge in [0.25, 0.3) is 0 Å². The van der Waals surface area contributed by atoms with Gasteiger partial charge in [0, 0.05) is 29.1 Å². The van der Waals surface area contributed by atoms with Crippen molar-refractivity contribution in [1.29, 1.82) is 0 Å². The van der Waals surface area contributed by atoms with Gasteiger partial charge < -0.3 is 19.8 Å². The van der Waals surface area contributed by atoms with E-state index in [1.165, 1.54) is 30.6 Å². The van der Waals surface area contributed by atoms with Crippen LogP contribution in [-0.2, 0) is 6.42 Å². The molecule has 2 heterocycles. The average Bonchev–Trinajstić information content (AvgIpc) is 3.22. The summed E-state index contributed by atoms with van der Waals surface area (Å²) in [6, 6.07) is 6.12. The van der Waals surface area contributed by atoms with Crippen molar-refractivity contribution in [2.45, 2.75) is 37.8 Å². The number of ether oxygens (including phenoxy) is 2. The predicted molar refractivity (Wildman–Crippen MR) is 104 cm³/mol. The lowest BCUT2D eigenvalue weighted by atomic mass is 9.91. The molecule has 0 amide bonds. The topological polar surface area (TPSA) is 78.5 Å². The van der Waals surface area contributed by atoms with Gasteiger partial charge in [0.1, 0.15) is 5.01 Å². The zero-order valence-corrected chi connectivity index (χ0v) is 17.6. The maximum atomic E-state index is 12.9. The summed E-state index contributed by atoms with van der Waals surface area (Å²) in [7, 11) is 0. The molecule has 0 fully saturated rings. The molecular weight excluding hydrogens is 497 g/mol. The van der Waals surface area contributed by atoms with E-state index in [0.717, 1.165) is 18.3 Å². The normalized spacial score (nSPS) is 13.8. The molecule has 0 saturated carbocycles. The summed E-state index contributed by atoms with van der Waals surface area (Å²) in [5, 5.41) is 20.2. The molecule has 1 N–H and O–H groups in total. The molecule has 0 aliphatic rings. The fraction of sp³-hybridized carbons (Fsp3) is 0.300. The van der Waals surface area contributed by atoms with Crippen LogP contribution in [0.2, 0.25) is 0 Å². The second kappa shape index (κ2) is 10.4. The molecule has 3 rings (SSSR count). The van der Waals surface area contributed by atoms with Crippen LogP contribution in [0.3, 0.4) is 0 Å². The van der Waals surface area contributed by atoms with Crippen molar-refractivity contribution in [1.82, 2.24) is 4.98 Å². The molecule has 0 aliphatic heterocycles. The molecule has 14 heteroatoms. The lowest BCUT2D eigenvalue weighted by molar-refractivity contribution is -0.605. The quantitative estimate of drug-likeness (QED) is 0.250. The molecule has 2 atom stereocenters. The van der Waals surface area contributed by atoms with Gasteiger partial charge in [0.05, 0.1) is 0 Å². The lowest BCUT2D eigenvalue weighted by Crippen LogP contribution is -2.24. The maximum absolute atomic E-state index is 12.9. The molecule has 0 spiro atoms. The van der Waals surface area contributed by atoms with Crippen LogP contribution >= 0.6 is 11.3 Å². The first kappa shape index (κ1) is 25.5. The summed E-state index contributed by atoms with van der Waals surface area (Å²) < 4.78 is 98.7. The van der Waals surface area contributed by atoms with Crippen LogP contribution in [0, 0.1) is 5.21 Å². The van der Waals surface area contributed by atoms with Gasteiger partial charge in [-0.3, -0.25) is 0 Å². The number of benzene rings is 1. The van der Waals surface area contributed by atoms with Crippen LogP contribution in [0.1, 0.15) is 33.0 Å². The predicted octanol–water partition coefficient (Wildman–Crippen LogP) is 4.95. The number of aromatic nitrogens is 2. The molecule has 0 radical (unpaired) electrons. The van der Waals surface area contributed by atoms with Gasteiger partial charge in [0.15, 0.2) is 23.9 Å². The Morgan fingerprint density at radius 1 is 1.00 bits per heavy atom. The van der Waals surface area contributed by atoms with E-state index < -0.39 is 47.9 Å². The van der Waals surface area contributed by atoms with Crippen molar-refractivity contribution in [3.8, 4) is 11.5 Å². The summed E-state index contributed by atoms with van der Waals surface area (Å²) in [5.41, 5.74) is 0.750. The highest BCUT2D eigenvalue weighted by Gasteiger charge is 2.41. The summed E-state index contributed by atoms with van der Waals surface area (Å²) in [5.74, 6) is -2.19. The van der Waals surface area contributed by atoms with Crippen molar-refractivity contribution < 1.29 is 50.0 Å². The van der Waals surface area contributed by atoms with Crippen molar-refractivity contribution >= 4 is 11.3 Å². The SMILES string of the molecule is [O-][n+]1ccc(CC(c2ccc(OC(F)F)c(OC(F)F)c2)c2cnc(C(O)C(F)(F)F)s2)cc1. The minimum atomic E-state index is -4.96. The van der Waals surface area contributed by atoms with E-state index in [2.05, 4.69) is 14.5 Å². The molecule has 1 aromatic carbocycles. The van der Waals surface area contributed by atoms with Gasteiger partial charge in [-0.25, -0.2) is 4.98 Å². The molecule has 184 valence electrons. The van der Waals surface area contributed by atoms with E-state index >= 15 is 0 Å². The summed E-state index contributed by atoms with van der Waals surface area (Å²) in [6.45, 7) is -6.69. The third-order valence-electron chi connectivity index (χ3n) is 4.54. The highest BCUT2D eigenvalue weighted by molar-refractivity contribution is 7.11. The van der Waals surface area contributed by atoms with E-state index in [9.17, 15) is 41.0 Å². The number of alkyl halides is 7. The number of aliphatic hydroxyl groups excluding tert-OH is 1. The van der Waals surface area contributed by atoms with Crippen LogP contribution < -0.4 is 14.2 Å². The Bertz CT molecular complexity index is 1090. The fourth-order valence-electron chi connectivity index (χ4n) is 3.05. The smallest absolute Gasteiger partial charge is 0.420 e. The van der Waals surface area contributed by atoms with Gasteiger partial charge in [-0.15, -0.1) is 11.3 Å². The van der Waals surface area contributed by atoms with Crippen LogP contribution in [0.25, 0.3) is 0 Å². The van der Waals surface area contributed by atoms with Gasteiger partial charge in [-0.1, -0.05) is 6.07 Å². The summed E-state index contributed by atoms with van der Waals surface area (Å²) in [4.78, 5) is 3.84. The molecule has 0 bridgehead atoms. The number of thiazole rings is 1. The number of aliphatic hydroxyl groups is 1. The van der Waals surface area contributed by atoms with Gasteiger partial charge in [-0.05, 0) is 29.7 Å². The molecular formula is C20H15F7N2O4S. The van der Waals surface area contributed by atoms with E-state index in [1.54, 1.807) is 0 Å². The zero-order chi connectivity index (χ0) is 25.0. The first-order valence-corrected chi connectivity index (χ1v) is 10.2. The Kier molecular flexibility index (Phi) is 7.82. The Morgan fingerprint density at radius 3 is 2.21 bits per heavy atom. The molecule has 34 heavy (non-hydrogen) atoms. The first-order valence-electron chi connectivity index (χ1n) is 9.35. The number of hydrogen-bond donors (Lipinski definition) is 1. The Balaban J connectivity index is 2.05. The molecule has 2 unspecified atom stereocenters. The second-order valence-electron chi connectivity index (χ2n) is 6.83. The van der Waals surface area contributed by atoms with Crippen LogP contribution in [0.15, 0.2) is 48.9 Å². The molecule has 0 saturated heterocycles. The van der Waals surface area contributed by atoms with Crippen molar-refractivity contribution in [3.05, 3.63) is 75.1 Å². The Labute approximate surface area is 191 Å². The highest BCUT2D eigenvalue weighted by Crippen LogP contribution is 2.41. The Hall–Kier alpha value is -3.13. The zero-order valence-electron chi connectivity index (χ0n) is 16.8. The standard InChI is InChI=1S/C20H15F7N2O4S/c21-18(22)32-13-2-1-11(8-14(13)33-19(23)24)12(7-10-3-5-29(31)6-4-10)15-9-28-17(34-15)16(30)20(25,26)27/h1-6,8-9,12,16,18-19,30H,7H2. The molecule has 0 aliphatic carbocycles. The van der Waals surface area contributed by atoms with E-state index in [0.29, 0.717) is 21.6 Å². The number of rotatable bonds is 9. The lowest BCUT2D eigenvalue weighted by Gasteiger charge is -2.19. The average molecular weight is 512 g/mol. The first-order chi connectivity index (χ1) is 15.9. The molecule has 6 nitrogen and oxygen atoms in total. The van der Waals surface area contributed by atoms with Gasteiger partial charge in [0.2, 0.25) is 6.10 Å². The van der Waals surface area contributed by atoms with Gasteiger partial charge in [-0.2, -0.15) is 35.5 Å². The molecule has 3 aromatic rings. The van der Waals surface area contributed by atoms with Crippen LogP contribution in [-0.4, -0.2) is 29.5 Å². The number of halogens is 7. The molecule has 2 aromatic heterocycles. The highest BCUT2D eigenvalue weighted by atomic mass is 32.1. The van der Waals surface area contributed by atoms with Gasteiger partial charge >= 0.3 is 19.4 Å². The number of nitrogens with zero attached hydrogens (tertiary/aromatic N) is 2. The third-order valence-corrected chi connectivity index (χ3v) is 5.71. The van der Waals surface area contributed by atoms with Crippen LogP contribution in [0.5, 0.6) is 11.5 Å². The minimum absolute atomic E-state index is 0.0633. The summed E-state index contributed by atoms with van der Waals surface area (Å²) >= 11 is 0.540. The van der Waals surface area contributed by atoms with Crippen molar-refractivity contribution in [2.75, 3.05) is 0 Å². The third kappa shape index (κ3) is 6.47. The largest absolute Gasteiger partial charge is 0.619 e. The van der Waals surface area contributed by atoms with E-state index in [4.69, 9.17) is 0 Å². The van der Waals surface area contributed by atoms with Crippen molar-refractivity contribution in [2.24, 2.45) is 0 Å². The van der Waals surface area contributed by atoms with E-state index in [-0.39, 0.29) is 16.9 Å². The maximum Gasteiger partial charge on any atom is 0.420 e. The monoisotopic (exact) mass is 512 g/mol. The Morgan fingerprint density at radius 2 is 1.62 bits per heavy atom. The summed E-state index contributed by atoms with van der Waals surface area (Å²) in [6.07, 6.45) is -4.27.